The van der Waals surface area contributed by atoms with Crippen LogP contribution in [0.15, 0.2) is 0 Å². The summed E-state index contributed by atoms with van der Waals surface area (Å²) in [5.41, 5.74) is 0.356. The van der Waals surface area contributed by atoms with Gasteiger partial charge in [-0.05, 0) is 46.0 Å². The highest BCUT2D eigenvalue weighted by Crippen LogP contribution is 2.25. The molecule has 1 aliphatic heterocycles. The van der Waals surface area contributed by atoms with Crippen LogP contribution in [0.5, 0.6) is 0 Å². The lowest BCUT2D eigenvalue weighted by Gasteiger charge is -2.28. The summed E-state index contributed by atoms with van der Waals surface area (Å²) in [6.45, 7) is 9.28. The monoisotopic (exact) mass is 155 g/mol. The lowest BCUT2D eigenvalue weighted by molar-refractivity contribution is 0.320. The largest absolute Gasteiger partial charge is 0.309 e. The van der Waals surface area contributed by atoms with E-state index in [0.29, 0.717) is 11.6 Å². The molecule has 1 saturated heterocycles. The first-order valence-corrected chi connectivity index (χ1v) is 4.77. The Hall–Kier alpha value is -0.0400. The highest BCUT2D eigenvalue weighted by Gasteiger charge is 2.25. The molecule has 1 N–H and O–H groups in total. The third kappa shape index (κ3) is 2.82. The molecule has 0 aromatic carbocycles. The van der Waals surface area contributed by atoms with Crippen molar-refractivity contribution in [2.24, 2.45) is 5.92 Å². The molecule has 0 aromatic heterocycles. The van der Waals surface area contributed by atoms with Crippen molar-refractivity contribution >= 4 is 0 Å². The SMILES string of the molecule is CC1CCC(C)NC(C)(C)C1. The van der Waals surface area contributed by atoms with E-state index >= 15 is 0 Å². The van der Waals surface area contributed by atoms with Crippen molar-refractivity contribution < 1.29 is 0 Å². The van der Waals surface area contributed by atoms with Crippen LogP contribution < -0.4 is 5.32 Å². The molecular weight excluding hydrogens is 134 g/mol. The lowest BCUT2D eigenvalue weighted by Crippen LogP contribution is -2.43. The minimum atomic E-state index is 0.356. The van der Waals surface area contributed by atoms with Crippen molar-refractivity contribution in [3.05, 3.63) is 0 Å². The van der Waals surface area contributed by atoms with Gasteiger partial charge in [-0.15, -0.1) is 0 Å². The predicted octanol–water partition coefficient (Wildman–Crippen LogP) is 2.56. The zero-order valence-electron chi connectivity index (χ0n) is 8.28. The summed E-state index contributed by atoms with van der Waals surface area (Å²) in [6.07, 6.45) is 4.04. The first-order valence-electron chi connectivity index (χ1n) is 4.77. The van der Waals surface area contributed by atoms with Crippen LogP contribution in [0.2, 0.25) is 0 Å². The van der Waals surface area contributed by atoms with Crippen molar-refractivity contribution in [1.82, 2.24) is 5.32 Å². The molecule has 0 amide bonds. The lowest BCUT2D eigenvalue weighted by atomic mass is 9.91. The van der Waals surface area contributed by atoms with Crippen molar-refractivity contribution in [2.45, 2.75) is 58.5 Å². The molecular formula is C10H21N. The Morgan fingerprint density at radius 1 is 1.18 bits per heavy atom. The standard InChI is InChI=1S/C10H21N/c1-8-5-6-9(2)11-10(3,4)7-8/h8-9,11H,5-7H2,1-4H3. The van der Waals surface area contributed by atoms with Gasteiger partial charge in [0.2, 0.25) is 0 Å². The van der Waals surface area contributed by atoms with Gasteiger partial charge in [-0.25, -0.2) is 0 Å². The van der Waals surface area contributed by atoms with Crippen LogP contribution in [0.4, 0.5) is 0 Å². The second kappa shape index (κ2) is 3.14. The van der Waals surface area contributed by atoms with Gasteiger partial charge in [-0.3, -0.25) is 0 Å². The Balaban J connectivity index is 2.55. The van der Waals surface area contributed by atoms with Crippen molar-refractivity contribution in [1.29, 1.82) is 0 Å². The number of hydrogen-bond donors (Lipinski definition) is 1. The number of hydrogen-bond acceptors (Lipinski definition) is 1. The zero-order chi connectivity index (χ0) is 8.48. The fourth-order valence-corrected chi connectivity index (χ4v) is 2.31. The molecule has 1 aliphatic rings. The molecule has 1 heteroatoms. The minimum absolute atomic E-state index is 0.356. The van der Waals surface area contributed by atoms with E-state index in [1.165, 1.54) is 19.3 Å². The summed E-state index contributed by atoms with van der Waals surface area (Å²) in [5.74, 6) is 0.891. The molecule has 1 fully saturated rings. The molecule has 0 spiro atoms. The van der Waals surface area contributed by atoms with Crippen LogP contribution in [0.1, 0.15) is 47.0 Å². The Bertz CT molecular complexity index is 115. The summed E-state index contributed by atoms with van der Waals surface area (Å²) in [5, 5.41) is 3.65. The molecule has 0 bridgehead atoms. The van der Waals surface area contributed by atoms with Gasteiger partial charge in [0.05, 0.1) is 0 Å². The molecule has 1 heterocycles. The molecule has 2 atom stereocenters. The van der Waals surface area contributed by atoms with Crippen molar-refractivity contribution in [3.63, 3.8) is 0 Å². The first kappa shape index (κ1) is 9.05. The third-order valence-electron chi connectivity index (χ3n) is 2.59. The van der Waals surface area contributed by atoms with Crippen LogP contribution in [-0.4, -0.2) is 11.6 Å². The third-order valence-corrected chi connectivity index (χ3v) is 2.59. The van der Waals surface area contributed by atoms with Crippen molar-refractivity contribution in [2.75, 3.05) is 0 Å². The highest BCUT2D eigenvalue weighted by atomic mass is 15.0. The molecule has 0 aliphatic carbocycles. The van der Waals surface area contributed by atoms with Crippen LogP contribution in [-0.2, 0) is 0 Å². The fraction of sp³-hybridized carbons (Fsp3) is 1.00. The summed E-state index contributed by atoms with van der Waals surface area (Å²) >= 11 is 0. The molecule has 66 valence electrons. The van der Waals surface area contributed by atoms with Gasteiger partial charge in [0.1, 0.15) is 0 Å². The molecule has 0 aromatic rings. The predicted molar refractivity (Wildman–Crippen MR) is 49.7 cm³/mol. The molecule has 1 nitrogen and oxygen atoms in total. The Morgan fingerprint density at radius 2 is 1.82 bits per heavy atom. The normalized spacial score (nSPS) is 38.2. The number of nitrogens with one attached hydrogen (secondary N) is 1. The van der Waals surface area contributed by atoms with E-state index in [2.05, 4.69) is 33.0 Å². The maximum atomic E-state index is 3.65. The van der Waals surface area contributed by atoms with Gasteiger partial charge in [0, 0.05) is 11.6 Å². The summed E-state index contributed by atoms with van der Waals surface area (Å²) in [6, 6.07) is 0.704. The molecule has 0 saturated carbocycles. The molecule has 0 radical (unpaired) electrons. The van der Waals surface area contributed by atoms with E-state index in [9.17, 15) is 0 Å². The maximum Gasteiger partial charge on any atom is 0.0130 e. The van der Waals surface area contributed by atoms with Gasteiger partial charge in [0.25, 0.3) is 0 Å². The second-order valence-electron chi connectivity index (χ2n) is 4.82. The van der Waals surface area contributed by atoms with Crippen LogP contribution in [0.25, 0.3) is 0 Å². The Morgan fingerprint density at radius 3 is 2.45 bits per heavy atom. The minimum Gasteiger partial charge on any atom is -0.309 e. The van der Waals surface area contributed by atoms with Gasteiger partial charge in [-0.2, -0.15) is 0 Å². The number of rotatable bonds is 0. The van der Waals surface area contributed by atoms with Crippen molar-refractivity contribution in [3.8, 4) is 0 Å². The molecule has 1 rings (SSSR count). The van der Waals surface area contributed by atoms with Crippen LogP contribution >= 0.6 is 0 Å². The van der Waals surface area contributed by atoms with E-state index in [4.69, 9.17) is 0 Å². The van der Waals surface area contributed by atoms with E-state index in [1.54, 1.807) is 0 Å². The van der Waals surface area contributed by atoms with Crippen LogP contribution in [0.3, 0.4) is 0 Å². The van der Waals surface area contributed by atoms with Gasteiger partial charge in [-0.1, -0.05) is 6.92 Å². The summed E-state index contributed by atoms with van der Waals surface area (Å²) < 4.78 is 0. The van der Waals surface area contributed by atoms with E-state index in [-0.39, 0.29) is 0 Å². The van der Waals surface area contributed by atoms with E-state index < -0.39 is 0 Å². The Kier molecular flexibility index (Phi) is 2.58. The first-order chi connectivity index (χ1) is 4.99. The van der Waals surface area contributed by atoms with E-state index in [1.807, 2.05) is 0 Å². The quantitative estimate of drug-likeness (QED) is 0.567. The smallest absolute Gasteiger partial charge is 0.0130 e. The Labute approximate surface area is 70.6 Å². The average Bonchev–Trinajstić information content (AvgIpc) is 1.89. The summed E-state index contributed by atoms with van der Waals surface area (Å²) in [7, 11) is 0. The van der Waals surface area contributed by atoms with Gasteiger partial charge >= 0.3 is 0 Å². The fourth-order valence-electron chi connectivity index (χ4n) is 2.31. The van der Waals surface area contributed by atoms with Gasteiger partial charge in [0.15, 0.2) is 0 Å². The topological polar surface area (TPSA) is 12.0 Å². The molecule has 11 heavy (non-hydrogen) atoms. The zero-order valence-corrected chi connectivity index (χ0v) is 8.28. The highest BCUT2D eigenvalue weighted by molar-refractivity contribution is 4.85. The van der Waals surface area contributed by atoms with Gasteiger partial charge < -0.3 is 5.32 Å². The second-order valence-corrected chi connectivity index (χ2v) is 4.82. The maximum absolute atomic E-state index is 3.65. The summed E-state index contributed by atoms with van der Waals surface area (Å²) in [4.78, 5) is 0. The van der Waals surface area contributed by atoms with Crippen LogP contribution in [0, 0.1) is 5.92 Å². The molecule has 2 unspecified atom stereocenters. The average molecular weight is 155 g/mol. The van der Waals surface area contributed by atoms with E-state index in [0.717, 1.165) is 5.92 Å².